The van der Waals surface area contributed by atoms with Crippen LogP contribution in [0.3, 0.4) is 0 Å². The van der Waals surface area contributed by atoms with Crippen LogP contribution < -0.4 is 0 Å². The third-order valence-corrected chi connectivity index (χ3v) is 2.15. The van der Waals surface area contributed by atoms with Gasteiger partial charge in [0.25, 0.3) is 0 Å². The molecule has 0 aliphatic carbocycles. The van der Waals surface area contributed by atoms with Crippen LogP contribution in [0, 0.1) is 0 Å². The van der Waals surface area contributed by atoms with E-state index < -0.39 is 6.23 Å². The second-order valence-electron chi connectivity index (χ2n) is 2.96. The van der Waals surface area contributed by atoms with Crippen molar-refractivity contribution in [1.29, 1.82) is 0 Å². The fourth-order valence-electron chi connectivity index (χ4n) is 1.46. The molecule has 0 aromatic rings. The molecule has 1 aliphatic heterocycles. The Morgan fingerprint density at radius 2 is 1.90 bits per heavy atom. The Bertz CT molecular complexity index is 89.3. The normalized spacial score (nSPS) is 24.6. The molecule has 0 amide bonds. The number of hydrogen-bond acceptors (Lipinski definition) is 1. The van der Waals surface area contributed by atoms with Crippen molar-refractivity contribution >= 4 is 0 Å². The maximum Gasteiger partial charge on any atom is 0.146 e. The monoisotopic (exact) mass is 142 g/mol. The van der Waals surface area contributed by atoms with Gasteiger partial charge < -0.3 is 0 Å². The third kappa shape index (κ3) is 1.96. The Hall–Kier alpha value is -0.0800. The fourth-order valence-corrected chi connectivity index (χ4v) is 1.46. The van der Waals surface area contributed by atoms with E-state index in [1.54, 1.807) is 0 Å². The van der Waals surface area contributed by atoms with Crippen molar-refractivity contribution in [3.8, 4) is 0 Å². The molecule has 0 saturated carbocycles. The summed E-state index contributed by atoms with van der Waals surface area (Å²) in [6, 6.07) is 0. The second kappa shape index (κ2) is 3.94. The SMILES string of the molecule is CCC([O])N1CCCCC1. The van der Waals surface area contributed by atoms with Crippen LogP contribution in [0.4, 0.5) is 0 Å². The minimum absolute atomic E-state index is 0.430. The largest absolute Gasteiger partial charge is 0.276 e. The second-order valence-corrected chi connectivity index (χ2v) is 2.96. The quantitative estimate of drug-likeness (QED) is 0.574. The Kier molecular flexibility index (Phi) is 3.16. The van der Waals surface area contributed by atoms with Crippen LogP contribution in [0.5, 0.6) is 0 Å². The summed E-state index contributed by atoms with van der Waals surface area (Å²) in [5.41, 5.74) is 0. The van der Waals surface area contributed by atoms with Crippen molar-refractivity contribution in [2.45, 2.75) is 38.8 Å². The van der Waals surface area contributed by atoms with Gasteiger partial charge in [-0.15, -0.1) is 0 Å². The van der Waals surface area contributed by atoms with Crippen molar-refractivity contribution in [1.82, 2.24) is 4.90 Å². The summed E-state index contributed by atoms with van der Waals surface area (Å²) < 4.78 is 0. The molecule has 1 aliphatic rings. The number of piperidine rings is 1. The van der Waals surface area contributed by atoms with Gasteiger partial charge in [-0.25, -0.2) is 5.11 Å². The first-order chi connectivity index (χ1) is 4.84. The Morgan fingerprint density at radius 3 is 2.40 bits per heavy atom. The number of hydrogen-bond donors (Lipinski definition) is 0. The lowest BCUT2D eigenvalue weighted by Crippen LogP contribution is -2.37. The van der Waals surface area contributed by atoms with Crippen molar-refractivity contribution in [3.63, 3.8) is 0 Å². The van der Waals surface area contributed by atoms with Gasteiger partial charge in [0.15, 0.2) is 0 Å². The first kappa shape index (κ1) is 8.02. The van der Waals surface area contributed by atoms with E-state index in [-0.39, 0.29) is 0 Å². The molecule has 2 nitrogen and oxygen atoms in total. The highest BCUT2D eigenvalue weighted by Gasteiger charge is 2.16. The maximum absolute atomic E-state index is 11.2. The predicted molar refractivity (Wildman–Crippen MR) is 40.2 cm³/mol. The maximum atomic E-state index is 11.2. The van der Waals surface area contributed by atoms with E-state index in [4.69, 9.17) is 0 Å². The van der Waals surface area contributed by atoms with Crippen molar-refractivity contribution in [3.05, 3.63) is 0 Å². The summed E-state index contributed by atoms with van der Waals surface area (Å²) >= 11 is 0. The van der Waals surface area contributed by atoms with E-state index in [0.29, 0.717) is 0 Å². The van der Waals surface area contributed by atoms with Crippen molar-refractivity contribution < 1.29 is 5.11 Å². The molecule has 0 N–H and O–H groups in total. The smallest absolute Gasteiger partial charge is 0.146 e. The van der Waals surface area contributed by atoms with Gasteiger partial charge in [-0.3, -0.25) is 4.90 Å². The zero-order valence-electron chi connectivity index (χ0n) is 6.68. The zero-order valence-corrected chi connectivity index (χ0v) is 6.68. The summed E-state index contributed by atoms with van der Waals surface area (Å²) in [5, 5.41) is 11.2. The van der Waals surface area contributed by atoms with Gasteiger partial charge in [-0.05, 0) is 19.3 Å². The molecule has 1 rings (SSSR count). The lowest BCUT2D eigenvalue weighted by Gasteiger charge is -2.28. The van der Waals surface area contributed by atoms with E-state index in [2.05, 4.69) is 4.90 Å². The summed E-state index contributed by atoms with van der Waals surface area (Å²) in [5.74, 6) is 0. The van der Waals surface area contributed by atoms with Crippen LogP contribution in [0.1, 0.15) is 32.6 Å². The predicted octanol–water partition coefficient (Wildman–Crippen LogP) is 1.64. The van der Waals surface area contributed by atoms with E-state index >= 15 is 0 Å². The summed E-state index contributed by atoms with van der Waals surface area (Å²) in [4.78, 5) is 2.06. The molecular formula is C8H16NO. The minimum Gasteiger partial charge on any atom is -0.276 e. The molecule has 1 fully saturated rings. The van der Waals surface area contributed by atoms with Crippen LogP contribution in [-0.4, -0.2) is 24.2 Å². The van der Waals surface area contributed by atoms with Crippen LogP contribution in [-0.2, 0) is 5.11 Å². The number of nitrogens with zero attached hydrogens (tertiary/aromatic N) is 1. The lowest BCUT2D eigenvalue weighted by molar-refractivity contribution is -0.0586. The van der Waals surface area contributed by atoms with Crippen LogP contribution >= 0.6 is 0 Å². The Labute approximate surface area is 62.8 Å². The highest BCUT2D eigenvalue weighted by molar-refractivity contribution is 4.65. The summed E-state index contributed by atoms with van der Waals surface area (Å²) in [6.07, 6.45) is 4.07. The van der Waals surface area contributed by atoms with Gasteiger partial charge in [-0.1, -0.05) is 13.3 Å². The Balaban J connectivity index is 2.24. The molecule has 59 valence electrons. The van der Waals surface area contributed by atoms with Gasteiger partial charge in [0, 0.05) is 13.1 Å². The average Bonchev–Trinajstić information content (AvgIpc) is 2.05. The summed E-state index contributed by atoms with van der Waals surface area (Å²) in [7, 11) is 0. The minimum atomic E-state index is -0.430. The van der Waals surface area contributed by atoms with Crippen molar-refractivity contribution in [2.75, 3.05) is 13.1 Å². The van der Waals surface area contributed by atoms with E-state index in [1.807, 2.05) is 6.92 Å². The van der Waals surface area contributed by atoms with Crippen LogP contribution in [0.2, 0.25) is 0 Å². The van der Waals surface area contributed by atoms with Gasteiger partial charge in [-0.2, -0.15) is 0 Å². The highest BCUT2D eigenvalue weighted by atomic mass is 16.3. The number of rotatable bonds is 2. The zero-order chi connectivity index (χ0) is 7.40. The van der Waals surface area contributed by atoms with Gasteiger partial charge in [0.05, 0.1) is 0 Å². The molecule has 2 heteroatoms. The Morgan fingerprint density at radius 1 is 1.30 bits per heavy atom. The van der Waals surface area contributed by atoms with Crippen LogP contribution in [0.15, 0.2) is 0 Å². The summed E-state index contributed by atoms with van der Waals surface area (Å²) in [6.45, 7) is 4.02. The van der Waals surface area contributed by atoms with Gasteiger partial charge in [0.1, 0.15) is 6.23 Å². The first-order valence-corrected chi connectivity index (χ1v) is 4.24. The van der Waals surface area contributed by atoms with E-state index in [1.165, 1.54) is 19.3 Å². The average molecular weight is 142 g/mol. The fraction of sp³-hybridized carbons (Fsp3) is 1.00. The van der Waals surface area contributed by atoms with Crippen molar-refractivity contribution in [2.24, 2.45) is 0 Å². The molecular weight excluding hydrogens is 126 g/mol. The molecule has 1 saturated heterocycles. The highest BCUT2D eigenvalue weighted by Crippen LogP contribution is 2.12. The van der Waals surface area contributed by atoms with E-state index in [0.717, 1.165) is 19.5 Å². The third-order valence-electron chi connectivity index (χ3n) is 2.15. The van der Waals surface area contributed by atoms with Gasteiger partial charge >= 0.3 is 0 Å². The van der Waals surface area contributed by atoms with E-state index in [9.17, 15) is 5.11 Å². The molecule has 1 heterocycles. The topological polar surface area (TPSA) is 23.1 Å². The first-order valence-electron chi connectivity index (χ1n) is 4.24. The molecule has 1 unspecified atom stereocenters. The molecule has 0 aromatic carbocycles. The molecule has 0 aromatic heterocycles. The standard InChI is InChI=1S/C8H16NO/c1-2-8(10)9-6-4-3-5-7-9/h8H,2-7H2,1H3. The van der Waals surface area contributed by atoms with Crippen LogP contribution in [0.25, 0.3) is 0 Å². The lowest BCUT2D eigenvalue weighted by atomic mass is 10.1. The molecule has 1 radical (unpaired) electrons. The molecule has 1 atom stereocenters. The number of likely N-dealkylation sites (tertiary alicyclic amines) is 1. The molecule has 0 bridgehead atoms. The van der Waals surface area contributed by atoms with Gasteiger partial charge in [0.2, 0.25) is 0 Å². The molecule has 0 spiro atoms. The molecule has 10 heavy (non-hydrogen) atoms.